The number of nitrogens with two attached hydrogens (primary N) is 1. The summed E-state index contributed by atoms with van der Waals surface area (Å²) in [5.74, 6) is -0.695. The number of thiazole rings is 1. The van der Waals surface area contributed by atoms with Crippen LogP contribution in [0.25, 0.3) is 0 Å². The average molecular weight is 344 g/mol. The molecule has 0 aliphatic heterocycles. The Morgan fingerprint density at radius 2 is 2.32 bits per heavy atom. The molecule has 4 nitrogen and oxygen atoms in total. The van der Waals surface area contributed by atoms with E-state index < -0.39 is 0 Å². The maximum atomic E-state index is 13.5. The maximum Gasteiger partial charge on any atom is 0.271 e. The third-order valence-electron chi connectivity index (χ3n) is 2.41. The van der Waals surface area contributed by atoms with Crippen LogP contribution in [0.4, 0.5) is 4.39 Å². The standard InChI is InChI=1S/C12H11BrFN3OS/c13-8-1-2-9(14)7(3-8)5-16-12(18)10-6-19-11(4-15)17-10/h1-3,6H,4-5,15H2,(H,16,18). The van der Waals surface area contributed by atoms with Crippen LogP contribution in [0, 0.1) is 5.82 Å². The fourth-order valence-corrected chi connectivity index (χ4v) is 2.52. The fraction of sp³-hybridized carbons (Fsp3) is 0.167. The predicted octanol–water partition coefficient (Wildman–Crippen LogP) is 2.43. The van der Waals surface area contributed by atoms with Crippen LogP contribution >= 0.6 is 27.3 Å². The highest BCUT2D eigenvalue weighted by atomic mass is 79.9. The van der Waals surface area contributed by atoms with Gasteiger partial charge in [0.05, 0.1) is 0 Å². The van der Waals surface area contributed by atoms with Crippen molar-refractivity contribution in [3.8, 4) is 0 Å². The van der Waals surface area contributed by atoms with E-state index in [1.54, 1.807) is 17.5 Å². The number of benzene rings is 1. The molecule has 19 heavy (non-hydrogen) atoms. The van der Waals surface area contributed by atoms with Crippen molar-refractivity contribution in [3.63, 3.8) is 0 Å². The summed E-state index contributed by atoms with van der Waals surface area (Å²) in [6.45, 7) is 0.414. The minimum Gasteiger partial charge on any atom is -0.346 e. The van der Waals surface area contributed by atoms with E-state index in [1.807, 2.05) is 0 Å². The zero-order chi connectivity index (χ0) is 13.8. The Hall–Kier alpha value is -1.31. The molecule has 0 radical (unpaired) electrons. The molecule has 0 saturated heterocycles. The van der Waals surface area contributed by atoms with Crippen LogP contribution in [0.1, 0.15) is 21.1 Å². The molecule has 1 aromatic heterocycles. The van der Waals surface area contributed by atoms with Crippen LogP contribution in [0.3, 0.4) is 0 Å². The lowest BCUT2D eigenvalue weighted by Gasteiger charge is -2.05. The third kappa shape index (κ3) is 3.59. The number of aromatic nitrogens is 1. The first-order chi connectivity index (χ1) is 9.10. The smallest absolute Gasteiger partial charge is 0.271 e. The van der Waals surface area contributed by atoms with Gasteiger partial charge >= 0.3 is 0 Å². The first-order valence-electron chi connectivity index (χ1n) is 5.46. The Kier molecular flexibility index (Phi) is 4.62. The van der Waals surface area contributed by atoms with Gasteiger partial charge in [-0.2, -0.15) is 0 Å². The van der Waals surface area contributed by atoms with E-state index in [1.165, 1.54) is 17.4 Å². The zero-order valence-corrected chi connectivity index (χ0v) is 12.2. The summed E-state index contributed by atoms with van der Waals surface area (Å²) < 4.78 is 14.2. The van der Waals surface area contributed by atoms with Crippen molar-refractivity contribution in [2.75, 3.05) is 0 Å². The molecule has 0 atom stereocenters. The van der Waals surface area contributed by atoms with E-state index in [0.29, 0.717) is 22.8 Å². The Labute approximate surface area is 122 Å². The summed E-state index contributed by atoms with van der Waals surface area (Å²) in [6, 6.07) is 4.58. The van der Waals surface area contributed by atoms with Crippen LogP contribution in [-0.4, -0.2) is 10.9 Å². The van der Waals surface area contributed by atoms with Crippen LogP contribution in [0.5, 0.6) is 0 Å². The van der Waals surface area contributed by atoms with E-state index in [9.17, 15) is 9.18 Å². The molecule has 3 N–H and O–H groups in total. The maximum absolute atomic E-state index is 13.5. The molecule has 0 spiro atoms. The zero-order valence-electron chi connectivity index (χ0n) is 9.82. The van der Waals surface area contributed by atoms with Crippen LogP contribution in [0.15, 0.2) is 28.1 Å². The van der Waals surface area contributed by atoms with Gasteiger partial charge in [0.25, 0.3) is 5.91 Å². The van der Waals surface area contributed by atoms with E-state index in [0.717, 1.165) is 4.47 Å². The number of carbonyl (C=O) groups is 1. The SMILES string of the molecule is NCc1nc(C(=O)NCc2cc(Br)ccc2F)cs1. The highest BCUT2D eigenvalue weighted by molar-refractivity contribution is 9.10. The van der Waals surface area contributed by atoms with Gasteiger partial charge in [-0.1, -0.05) is 15.9 Å². The average Bonchev–Trinajstić information content (AvgIpc) is 2.88. The molecule has 1 heterocycles. The molecule has 7 heteroatoms. The van der Waals surface area contributed by atoms with E-state index in [4.69, 9.17) is 5.73 Å². The van der Waals surface area contributed by atoms with Gasteiger partial charge in [0.2, 0.25) is 0 Å². The minimum absolute atomic E-state index is 0.111. The van der Waals surface area contributed by atoms with E-state index >= 15 is 0 Å². The number of rotatable bonds is 4. The topological polar surface area (TPSA) is 68.0 Å². The van der Waals surface area contributed by atoms with Gasteiger partial charge in [-0.3, -0.25) is 4.79 Å². The lowest BCUT2D eigenvalue weighted by atomic mass is 10.2. The van der Waals surface area contributed by atoms with Crippen LogP contribution in [0.2, 0.25) is 0 Å². The Morgan fingerprint density at radius 1 is 1.53 bits per heavy atom. The second kappa shape index (κ2) is 6.23. The molecule has 100 valence electrons. The second-order valence-electron chi connectivity index (χ2n) is 3.75. The molecule has 0 aliphatic rings. The first kappa shape index (κ1) is 14.1. The highest BCUT2D eigenvalue weighted by Crippen LogP contribution is 2.15. The Balaban J connectivity index is 2.02. The molecule has 0 unspecified atom stereocenters. The fourth-order valence-electron chi connectivity index (χ4n) is 1.45. The van der Waals surface area contributed by atoms with Crippen molar-refractivity contribution in [1.82, 2.24) is 10.3 Å². The van der Waals surface area contributed by atoms with E-state index in [-0.39, 0.29) is 18.3 Å². The molecule has 0 bridgehead atoms. The highest BCUT2D eigenvalue weighted by Gasteiger charge is 2.11. The monoisotopic (exact) mass is 343 g/mol. The van der Waals surface area contributed by atoms with Gasteiger partial charge in [-0.15, -0.1) is 11.3 Å². The molecular formula is C12H11BrFN3OS. The molecule has 1 aromatic carbocycles. The number of amides is 1. The van der Waals surface area contributed by atoms with Crippen molar-refractivity contribution < 1.29 is 9.18 Å². The molecular weight excluding hydrogens is 333 g/mol. The van der Waals surface area contributed by atoms with Crippen LogP contribution < -0.4 is 11.1 Å². The number of halogens is 2. The van der Waals surface area contributed by atoms with Crippen molar-refractivity contribution in [2.24, 2.45) is 5.73 Å². The molecule has 0 aliphatic carbocycles. The number of hydrogen-bond donors (Lipinski definition) is 2. The summed E-state index contributed by atoms with van der Waals surface area (Å²) in [7, 11) is 0. The lowest BCUT2D eigenvalue weighted by Crippen LogP contribution is -2.23. The van der Waals surface area contributed by atoms with Gasteiger partial charge < -0.3 is 11.1 Å². The van der Waals surface area contributed by atoms with Crippen molar-refractivity contribution in [2.45, 2.75) is 13.1 Å². The minimum atomic E-state index is -0.357. The third-order valence-corrected chi connectivity index (χ3v) is 3.77. The number of hydrogen-bond acceptors (Lipinski definition) is 4. The summed E-state index contributed by atoms with van der Waals surface area (Å²) in [5, 5.41) is 4.95. The Morgan fingerprint density at radius 3 is 3.00 bits per heavy atom. The van der Waals surface area contributed by atoms with Gasteiger partial charge in [0, 0.05) is 28.5 Å². The van der Waals surface area contributed by atoms with Gasteiger partial charge in [-0.25, -0.2) is 9.37 Å². The van der Waals surface area contributed by atoms with Crippen LogP contribution in [-0.2, 0) is 13.1 Å². The molecule has 0 fully saturated rings. The Bertz CT molecular complexity index is 602. The van der Waals surface area contributed by atoms with Crippen molar-refractivity contribution >= 4 is 33.2 Å². The molecule has 2 rings (SSSR count). The number of nitrogens with zero attached hydrogens (tertiary/aromatic N) is 1. The molecule has 1 amide bonds. The van der Waals surface area contributed by atoms with Gasteiger partial charge in [0.15, 0.2) is 0 Å². The lowest BCUT2D eigenvalue weighted by molar-refractivity contribution is 0.0946. The molecule has 0 saturated carbocycles. The molecule has 2 aromatic rings. The normalized spacial score (nSPS) is 10.5. The predicted molar refractivity (Wildman–Crippen MR) is 75.3 cm³/mol. The summed E-state index contributed by atoms with van der Waals surface area (Å²) in [4.78, 5) is 15.9. The number of carbonyl (C=O) groups excluding carboxylic acids is 1. The summed E-state index contributed by atoms with van der Waals surface area (Å²) in [6.07, 6.45) is 0. The van der Waals surface area contributed by atoms with Gasteiger partial charge in [0.1, 0.15) is 16.5 Å². The first-order valence-corrected chi connectivity index (χ1v) is 7.14. The van der Waals surface area contributed by atoms with Crippen molar-refractivity contribution in [1.29, 1.82) is 0 Å². The quantitative estimate of drug-likeness (QED) is 0.895. The van der Waals surface area contributed by atoms with Gasteiger partial charge in [-0.05, 0) is 18.2 Å². The summed E-state index contributed by atoms with van der Waals surface area (Å²) in [5.41, 5.74) is 6.15. The second-order valence-corrected chi connectivity index (χ2v) is 5.61. The summed E-state index contributed by atoms with van der Waals surface area (Å²) >= 11 is 4.58. The van der Waals surface area contributed by atoms with E-state index in [2.05, 4.69) is 26.2 Å². The van der Waals surface area contributed by atoms with Crippen molar-refractivity contribution in [3.05, 3.63) is 50.1 Å². The largest absolute Gasteiger partial charge is 0.346 e. The number of nitrogens with one attached hydrogen (secondary N) is 1.